The third-order valence-electron chi connectivity index (χ3n) is 8.03. The van der Waals surface area contributed by atoms with Crippen LogP contribution in [0.5, 0.6) is 0 Å². The van der Waals surface area contributed by atoms with E-state index in [1.54, 1.807) is 0 Å². The molecular weight excluding hydrogens is 472 g/mol. The van der Waals surface area contributed by atoms with Crippen LogP contribution in [0, 0.1) is 0 Å². The monoisotopic (exact) mass is 508 g/mol. The van der Waals surface area contributed by atoms with E-state index in [1.165, 1.54) is 50.4 Å². The highest BCUT2D eigenvalue weighted by atomic mass is 15.2. The molecule has 0 spiro atoms. The Bertz CT molecular complexity index is 1510. The maximum Gasteiger partial charge on any atom is 0.0600 e. The molecule has 194 valence electrons. The number of anilines is 1. The molecular formula is C37H36N2. The lowest BCUT2D eigenvalue weighted by molar-refractivity contribution is 0.297. The van der Waals surface area contributed by atoms with Crippen molar-refractivity contribution in [2.45, 2.75) is 39.2 Å². The summed E-state index contributed by atoms with van der Waals surface area (Å²) < 4.78 is 0. The predicted octanol–water partition coefficient (Wildman–Crippen LogP) is 9.32. The minimum atomic E-state index is 0.305. The summed E-state index contributed by atoms with van der Waals surface area (Å²) in [7, 11) is 0. The highest BCUT2D eigenvalue weighted by Gasteiger charge is 2.30. The fourth-order valence-corrected chi connectivity index (χ4v) is 6.02. The van der Waals surface area contributed by atoms with Gasteiger partial charge in [-0.3, -0.25) is 0 Å². The van der Waals surface area contributed by atoms with Gasteiger partial charge in [-0.05, 0) is 85.2 Å². The number of hydrogen-bond acceptors (Lipinski definition) is 2. The molecule has 1 aliphatic heterocycles. The largest absolute Gasteiger partial charge is 0.364 e. The van der Waals surface area contributed by atoms with E-state index in [9.17, 15) is 0 Å². The molecule has 0 bridgehead atoms. The minimum Gasteiger partial charge on any atom is -0.364 e. The van der Waals surface area contributed by atoms with Crippen LogP contribution in [-0.4, -0.2) is 17.5 Å². The molecule has 3 aromatic carbocycles. The Kier molecular flexibility index (Phi) is 7.19. The van der Waals surface area contributed by atoms with Gasteiger partial charge in [0.25, 0.3) is 0 Å². The minimum absolute atomic E-state index is 0.305. The van der Waals surface area contributed by atoms with Gasteiger partial charge in [-0.2, -0.15) is 0 Å². The van der Waals surface area contributed by atoms with Crippen LogP contribution in [-0.2, 0) is 0 Å². The summed E-state index contributed by atoms with van der Waals surface area (Å²) in [5.41, 5.74) is 13.0. The van der Waals surface area contributed by atoms with Gasteiger partial charge in [0.2, 0.25) is 0 Å². The van der Waals surface area contributed by atoms with Crippen molar-refractivity contribution in [3.63, 3.8) is 0 Å². The van der Waals surface area contributed by atoms with Gasteiger partial charge in [-0.15, -0.1) is 0 Å². The van der Waals surface area contributed by atoms with Crippen molar-refractivity contribution in [3.8, 4) is 11.1 Å². The van der Waals surface area contributed by atoms with Crippen molar-refractivity contribution >= 4 is 11.3 Å². The topological polar surface area (TPSA) is 15.3 Å². The van der Waals surface area contributed by atoms with Crippen LogP contribution >= 0.6 is 0 Å². The first-order chi connectivity index (χ1) is 19.2. The van der Waals surface area contributed by atoms with Crippen molar-refractivity contribution in [2.75, 3.05) is 11.9 Å². The fourth-order valence-electron chi connectivity index (χ4n) is 6.02. The Morgan fingerprint density at radius 3 is 2.13 bits per heavy atom. The second-order valence-corrected chi connectivity index (χ2v) is 10.7. The highest BCUT2D eigenvalue weighted by Crippen LogP contribution is 2.37. The van der Waals surface area contributed by atoms with E-state index in [-0.39, 0.29) is 0 Å². The molecule has 2 heteroatoms. The van der Waals surface area contributed by atoms with Gasteiger partial charge in [0.05, 0.1) is 6.04 Å². The van der Waals surface area contributed by atoms with Gasteiger partial charge >= 0.3 is 0 Å². The molecule has 0 amide bonds. The Morgan fingerprint density at radius 2 is 1.44 bits per heavy atom. The zero-order chi connectivity index (χ0) is 26.6. The average Bonchev–Trinajstić information content (AvgIpc) is 2.98. The second-order valence-electron chi connectivity index (χ2n) is 10.7. The van der Waals surface area contributed by atoms with Gasteiger partial charge < -0.3 is 10.2 Å². The number of benzene rings is 3. The fraction of sp³-hybridized carbons (Fsp3) is 0.189. The number of hydrogen-bond donors (Lipinski definition) is 1. The molecule has 0 saturated heterocycles. The maximum absolute atomic E-state index is 3.78. The zero-order valence-corrected chi connectivity index (χ0v) is 22.9. The molecule has 2 aliphatic carbocycles. The zero-order valence-electron chi connectivity index (χ0n) is 22.9. The maximum atomic E-state index is 3.78. The van der Waals surface area contributed by atoms with Crippen LogP contribution in [0.2, 0.25) is 0 Å². The summed E-state index contributed by atoms with van der Waals surface area (Å²) in [6.07, 6.45) is 17.2. The molecule has 3 aliphatic rings. The molecule has 1 N–H and O–H groups in total. The summed E-state index contributed by atoms with van der Waals surface area (Å²) in [6.45, 7) is 5.42. The van der Waals surface area contributed by atoms with E-state index in [4.69, 9.17) is 0 Å². The molecule has 0 radical (unpaired) electrons. The van der Waals surface area contributed by atoms with Gasteiger partial charge in [-0.1, -0.05) is 103 Å². The smallest absolute Gasteiger partial charge is 0.0600 e. The van der Waals surface area contributed by atoms with E-state index in [0.717, 1.165) is 31.5 Å². The van der Waals surface area contributed by atoms with Gasteiger partial charge in [-0.25, -0.2) is 0 Å². The molecule has 1 heterocycles. The van der Waals surface area contributed by atoms with Crippen LogP contribution in [0.25, 0.3) is 16.7 Å². The summed E-state index contributed by atoms with van der Waals surface area (Å²) in [6, 6.07) is 30.5. The van der Waals surface area contributed by atoms with Gasteiger partial charge in [0.15, 0.2) is 0 Å². The van der Waals surface area contributed by atoms with E-state index in [0.29, 0.717) is 6.04 Å². The van der Waals surface area contributed by atoms with E-state index in [2.05, 4.69) is 145 Å². The van der Waals surface area contributed by atoms with Crippen molar-refractivity contribution in [3.05, 3.63) is 155 Å². The molecule has 1 atom stereocenters. The lowest BCUT2D eigenvalue weighted by Gasteiger charge is -2.40. The molecule has 1 unspecified atom stereocenters. The summed E-state index contributed by atoms with van der Waals surface area (Å²) in [4.78, 5) is 2.64. The lowest BCUT2D eigenvalue weighted by atomic mass is 9.86. The molecule has 0 saturated carbocycles. The van der Waals surface area contributed by atoms with Crippen LogP contribution in [0.3, 0.4) is 0 Å². The third kappa shape index (κ3) is 5.47. The number of nitrogens with one attached hydrogen (secondary N) is 1. The van der Waals surface area contributed by atoms with Crippen molar-refractivity contribution < 1.29 is 0 Å². The van der Waals surface area contributed by atoms with Crippen LogP contribution < -0.4 is 5.32 Å². The molecule has 39 heavy (non-hydrogen) atoms. The van der Waals surface area contributed by atoms with E-state index in [1.807, 2.05) is 0 Å². The molecule has 3 aromatic rings. The number of nitrogens with zero attached hydrogens (tertiary/aromatic N) is 1. The summed E-state index contributed by atoms with van der Waals surface area (Å²) in [5.74, 6) is 0. The van der Waals surface area contributed by atoms with Crippen LogP contribution in [0.1, 0.15) is 38.7 Å². The van der Waals surface area contributed by atoms with E-state index >= 15 is 0 Å². The SMILES string of the molecule is CC1=C/CN(C2=CC=C(c3ccccc3)CC2)C2CC=CC(Nc3ccc(-c4ccccc4)cc3)=C2\C(C)=C\1. The second kappa shape index (κ2) is 11.2. The number of rotatable bonds is 5. The first kappa shape index (κ1) is 25.0. The summed E-state index contributed by atoms with van der Waals surface area (Å²) >= 11 is 0. The quantitative estimate of drug-likeness (QED) is 0.369. The standard InChI is InChI=1S/C37H36N2/c1-27-24-25-39(34-22-18-32(19-23-34)30-12-7-4-8-13-30)36-15-9-14-35(37(36)28(2)26-27)38-33-20-16-31(17-21-33)29-10-5-3-6-11-29/h3-14,16-18,20-22,24,26,36,38H,15,19,23,25H2,1-2H3/b27-24-,28-26+. The number of fused-ring (bicyclic) bond motifs is 1. The normalized spacial score (nSPS) is 21.9. The Balaban J connectivity index is 1.32. The first-order valence-corrected chi connectivity index (χ1v) is 14.1. The van der Waals surface area contributed by atoms with Crippen molar-refractivity contribution in [2.24, 2.45) is 0 Å². The van der Waals surface area contributed by atoms with Crippen molar-refractivity contribution in [1.29, 1.82) is 0 Å². The summed E-state index contributed by atoms with van der Waals surface area (Å²) in [5, 5.41) is 3.78. The predicted molar refractivity (Wildman–Crippen MR) is 166 cm³/mol. The molecule has 0 fully saturated rings. The van der Waals surface area contributed by atoms with E-state index < -0.39 is 0 Å². The highest BCUT2D eigenvalue weighted by molar-refractivity contribution is 5.69. The molecule has 6 rings (SSSR count). The number of allylic oxidation sites excluding steroid dienone is 7. The van der Waals surface area contributed by atoms with Crippen molar-refractivity contribution in [1.82, 2.24) is 4.90 Å². The third-order valence-corrected chi connectivity index (χ3v) is 8.03. The first-order valence-electron chi connectivity index (χ1n) is 14.1. The average molecular weight is 509 g/mol. The molecule has 0 aromatic heterocycles. The Labute approximate surface area is 233 Å². The van der Waals surface area contributed by atoms with Gasteiger partial charge in [0.1, 0.15) is 0 Å². The Morgan fingerprint density at radius 1 is 0.744 bits per heavy atom. The van der Waals surface area contributed by atoms with Gasteiger partial charge in [0, 0.05) is 29.2 Å². The van der Waals surface area contributed by atoms with Crippen LogP contribution in [0.4, 0.5) is 5.69 Å². The Hall–Kier alpha value is -4.30. The lowest BCUT2D eigenvalue weighted by Crippen LogP contribution is -2.39. The van der Waals surface area contributed by atoms with Crippen LogP contribution in [0.15, 0.2) is 149 Å². The molecule has 2 nitrogen and oxygen atoms in total.